The van der Waals surface area contributed by atoms with E-state index in [4.69, 9.17) is 5.73 Å². The van der Waals surface area contributed by atoms with Gasteiger partial charge in [-0.2, -0.15) is 0 Å². The summed E-state index contributed by atoms with van der Waals surface area (Å²) in [6, 6.07) is -0.601. The van der Waals surface area contributed by atoms with Gasteiger partial charge in [0.15, 0.2) is 0 Å². The van der Waals surface area contributed by atoms with Crippen LogP contribution >= 0.6 is 0 Å². The fourth-order valence-corrected chi connectivity index (χ4v) is 1.54. The SMILES string of the molecule is CCCC(=O)N(NC(=O)CCN)C(C=O)CCC. The molecule has 0 radical (unpaired) electrons. The van der Waals surface area contributed by atoms with Gasteiger partial charge in [-0.1, -0.05) is 20.3 Å². The van der Waals surface area contributed by atoms with Crippen molar-refractivity contribution in [2.24, 2.45) is 5.73 Å². The summed E-state index contributed by atoms with van der Waals surface area (Å²) < 4.78 is 0. The summed E-state index contributed by atoms with van der Waals surface area (Å²) >= 11 is 0. The van der Waals surface area contributed by atoms with Crippen LogP contribution in [0, 0.1) is 0 Å². The minimum atomic E-state index is -0.601. The number of hydrogen-bond donors (Lipinski definition) is 2. The summed E-state index contributed by atoms with van der Waals surface area (Å²) in [5, 5.41) is 1.15. The number of hydrogen-bond acceptors (Lipinski definition) is 4. The maximum absolute atomic E-state index is 11.9. The van der Waals surface area contributed by atoms with Crippen molar-refractivity contribution in [2.75, 3.05) is 6.54 Å². The van der Waals surface area contributed by atoms with Crippen LogP contribution in [-0.2, 0) is 14.4 Å². The van der Waals surface area contributed by atoms with E-state index in [1.165, 1.54) is 0 Å². The molecule has 6 heteroatoms. The zero-order valence-electron chi connectivity index (χ0n) is 11.1. The average molecular weight is 257 g/mol. The first-order valence-corrected chi connectivity index (χ1v) is 6.37. The van der Waals surface area contributed by atoms with Gasteiger partial charge in [0, 0.05) is 19.4 Å². The third-order valence-electron chi connectivity index (χ3n) is 2.42. The molecule has 0 fully saturated rings. The molecular weight excluding hydrogens is 234 g/mol. The Hall–Kier alpha value is -1.43. The van der Waals surface area contributed by atoms with Crippen molar-refractivity contribution >= 4 is 18.1 Å². The van der Waals surface area contributed by atoms with Crippen LogP contribution in [0.1, 0.15) is 46.0 Å². The number of amides is 2. The molecule has 0 aromatic heterocycles. The molecule has 0 aliphatic rings. The summed E-state index contributed by atoms with van der Waals surface area (Å²) in [7, 11) is 0. The summed E-state index contributed by atoms with van der Waals surface area (Å²) in [4.78, 5) is 34.4. The Labute approximate surface area is 108 Å². The predicted octanol–water partition coefficient (Wildman–Crippen LogP) is 0.363. The minimum Gasteiger partial charge on any atom is -0.330 e. The maximum atomic E-state index is 11.9. The molecule has 104 valence electrons. The molecular formula is C12H23N3O3. The molecule has 2 amide bonds. The number of nitrogens with two attached hydrogens (primary N) is 1. The van der Waals surface area contributed by atoms with E-state index in [9.17, 15) is 14.4 Å². The molecule has 0 heterocycles. The normalized spacial score (nSPS) is 11.7. The number of rotatable bonds is 8. The second-order valence-corrected chi connectivity index (χ2v) is 4.08. The molecule has 0 aliphatic heterocycles. The second kappa shape index (κ2) is 9.58. The van der Waals surface area contributed by atoms with Crippen molar-refractivity contribution in [1.29, 1.82) is 0 Å². The molecule has 0 saturated carbocycles. The Morgan fingerprint density at radius 2 is 1.94 bits per heavy atom. The summed E-state index contributed by atoms with van der Waals surface area (Å²) in [5.41, 5.74) is 7.75. The molecule has 3 N–H and O–H groups in total. The average Bonchev–Trinajstić information content (AvgIpc) is 2.34. The van der Waals surface area contributed by atoms with Crippen molar-refractivity contribution in [3.8, 4) is 0 Å². The van der Waals surface area contributed by atoms with Gasteiger partial charge in [-0.05, 0) is 12.8 Å². The fraction of sp³-hybridized carbons (Fsp3) is 0.750. The van der Waals surface area contributed by atoms with Crippen molar-refractivity contribution in [3.05, 3.63) is 0 Å². The largest absolute Gasteiger partial charge is 0.330 e. The van der Waals surface area contributed by atoms with Crippen LogP contribution in [0.2, 0.25) is 0 Å². The predicted molar refractivity (Wildman–Crippen MR) is 68.3 cm³/mol. The lowest BCUT2D eigenvalue weighted by Crippen LogP contribution is -2.52. The van der Waals surface area contributed by atoms with Crippen LogP contribution < -0.4 is 11.2 Å². The third kappa shape index (κ3) is 5.77. The van der Waals surface area contributed by atoms with Gasteiger partial charge in [-0.15, -0.1) is 0 Å². The van der Waals surface area contributed by atoms with Gasteiger partial charge in [0.1, 0.15) is 12.3 Å². The summed E-state index contributed by atoms with van der Waals surface area (Å²) in [5.74, 6) is -0.585. The van der Waals surface area contributed by atoms with Crippen molar-refractivity contribution < 1.29 is 14.4 Å². The van der Waals surface area contributed by atoms with Crippen molar-refractivity contribution in [1.82, 2.24) is 10.4 Å². The van der Waals surface area contributed by atoms with E-state index >= 15 is 0 Å². The molecule has 6 nitrogen and oxygen atoms in total. The summed E-state index contributed by atoms with van der Waals surface area (Å²) in [6.07, 6.45) is 3.08. The van der Waals surface area contributed by atoms with Gasteiger partial charge < -0.3 is 10.5 Å². The van der Waals surface area contributed by atoms with Crippen LogP contribution in [-0.4, -0.2) is 35.7 Å². The van der Waals surface area contributed by atoms with E-state index in [0.717, 1.165) is 11.4 Å². The zero-order chi connectivity index (χ0) is 14.0. The molecule has 18 heavy (non-hydrogen) atoms. The van der Waals surface area contributed by atoms with E-state index in [1.807, 2.05) is 13.8 Å². The maximum Gasteiger partial charge on any atom is 0.241 e. The van der Waals surface area contributed by atoms with Gasteiger partial charge in [-0.3, -0.25) is 15.0 Å². The molecule has 1 atom stereocenters. The molecule has 0 rings (SSSR count). The number of nitrogens with zero attached hydrogens (tertiary/aromatic N) is 1. The lowest BCUT2D eigenvalue weighted by atomic mass is 10.1. The van der Waals surface area contributed by atoms with E-state index in [-0.39, 0.29) is 24.8 Å². The zero-order valence-corrected chi connectivity index (χ0v) is 11.1. The highest BCUT2D eigenvalue weighted by molar-refractivity contribution is 5.84. The molecule has 0 aliphatic carbocycles. The minimum absolute atomic E-state index is 0.133. The van der Waals surface area contributed by atoms with Gasteiger partial charge in [0.2, 0.25) is 11.8 Å². The second-order valence-electron chi connectivity index (χ2n) is 4.08. The molecule has 1 unspecified atom stereocenters. The molecule has 0 aromatic rings. The van der Waals surface area contributed by atoms with Crippen LogP contribution in [0.5, 0.6) is 0 Å². The fourth-order valence-electron chi connectivity index (χ4n) is 1.54. The van der Waals surface area contributed by atoms with Crippen LogP contribution in [0.15, 0.2) is 0 Å². The van der Waals surface area contributed by atoms with Gasteiger partial charge >= 0.3 is 0 Å². The smallest absolute Gasteiger partial charge is 0.241 e. The lowest BCUT2D eigenvalue weighted by molar-refractivity contribution is -0.146. The van der Waals surface area contributed by atoms with Gasteiger partial charge in [0.25, 0.3) is 0 Å². The molecule has 0 spiro atoms. The van der Waals surface area contributed by atoms with Crippen LogP contribution in [0.25, 0.3) is 0 Å². The van der Waals surface area contributed by atoms with E-state index in [1.54, 1.807) is 0 Å². The first kappa shape index (κ1) is 16.6. The van der Waals surface area contributed by atoms with Crippen molar-refractivity contribution in [2.45, 2.75) is 52.0 Å². The van der Waals surface area contributed by atoms with E-state index in [0.29, 0.717) is 25.5 Å². The molecule has 0 saturated heterocycles. The first-order valence-electron chi connectivity index (χ1n) is 6.37. The number of hydrazine groups is 1. The topological polar surface area (TPSA) is 92.5 Å². The first-order chi connectivity index (χ1) is 8.60. The number of aldehydes is 1. The highest BCUT2D eigenvalue weighted by atomic mass is 16.2. The van der Waals surface area contributed by atoms with Crippen molar-refractivity contribution in [3.63, 3.8) is 0 Å². The Morgan fingerprint density at radius 3 is 2.39 bits per heavy atom. The third-order valence-corrected chi connectivity index (χ3v) is 2.42. The Bertz CT molecular complexity index is 282. The highest BCUT2D eigenvalue weighted by Gasteiger charge is 2.23. The standard InChI is InChI=1S/C12H23N3O3/c1-3-5-10(9-16)15(12(18)6-4-2)14-11(17)7-8-13/h9-10H,3-8,13H2,1-2H3,(H,14,17). The quantitative estimate of drug-likeness (QED) is 0.485. The van der Waals surface area contributed by atoms with Gasteiger partial charge in [0.05, 0.1) is 0 Å². The molecule has 0 aromatic carbocycles. The molecule has 0 bridgehead atoms. The van der Waals surface area contributed by atoms with Gasteiger partial charge in [-0.25, -0.2) is 5.01 Å². The lowest BCUT2D eigenvalue weighted by Gasteiger charge is -2.28. The highest BCUT2D eigenvalue weighted by Crippen LogP contribution is 2.06. The van der Waals surface area contributed by atoms with Crippen LogP contribution in [0.3, 0.4) is 0 Å². The Morgan fingerprint density at radius 1 is 1.28 bits per heavy atom. The monoisotopic (exact) mass is 257 g/mol. The Balaban J connectivity index is 4.73. The Kier molecular flexibility index (Phi) is 8.82. The summed E-state index contributed by atoms with van der Waals surface area (Å²) in [6.45, 7) is 4.00. The van der Waals surface area contributed by atoms with E-state index in [2.05, 4.69) is 5.43 Å². The van der Waals surface area contributed by atoms with E-state index < -0.39 is 6.04 Å². The number of carbonyl (C=O) groups is 3. The number of carbonyl (C=O) groups excluding carboxylic acids is 3. The van der Waals surface area contributed by atoms with Crippen LogP contribution in [0.4, 0.5) is 0 Å². The number of nitrogens with one attached hydrogen (secondary N) is 1.